The van der Waals surface area contributed by atoms with Crippen LogP contribution in [0.2, 0.25) is 0 Å². The molecule has 8 nitrogen and oxygen atoms in total. The second kappa shape index (κ2) is 13.7. The van der Waals surface area contributed by atoms with E-state index in [0.29, 0.717) is 44.2 Å². The fraction of sp³-hybridized carbons (Fsp3) is 0.700. The summed E-state index contributed by atoms with van der Waals surface area (Å²) in [5.74, 6) is 1.57. The van der Waals surface area contributed by atoms with Crippen molar-refractivity contribution in [3.8, 4) is 5.75 Å². The van der Waals surface area contributed by atoms with Crippen molar-refractivity contribution in [2.45, 2.75) is 90.4 Å². The van der Waals surface area contributed by atoms with Crippen LogP contribution in [0.3, 0.4) is 0 Å². The maximum absolute atomic E-state index is 11.4. The third kappa shape index (κ3) is 8.89. The van der Waals surface area contributed by atoms with E-state index in [0.717, 1.165) is 54.8 Å². The molecule has 1 heterocycles. The molecular formula is C30H47N3O5. The Bertz CT molecular complexity index is 971. The minimum Gasteiger partial charge on any atom is -0.491 e. The van der Waals surface area contributed by atoms with Crippen molar-refractivity contribution in [1.82, 2.24) is 5.32 Å². The Morgan fingerprint density at radius 2 is 1.66 bits per heavy atom. The van der Waals surface area contributed by atoms with Crippen molar-refractivity contribution in [3.63, 3.8) is 0 Å². The van der Waals surface area contributed by atoms with Crippen molar-refractivity contribution in [3.05, 3.63) is 29.8 Å². The minimum absolute atomic E-state index is 0.0374. The Labute approximate surface area is 228 Å². The molecule has 0 aromatic heterocycles. The summed E-state index contributed by atoms with van der Waals surface area (Å²) >= 11 is 0. The maximum Gasteiger partial charge on any atom is 0.222 e. The summed E-state index contributed by atoms with van der Waals surface area (Å²) in [5.41, 5.74) is 2.32. The molecule has 3 rings (SSSR count). The van der Waals surface area contributed by atoms with Gasteiger partial charge in [0.15, 0.2) is 0 Å². The van der Waals surface area contributed by atoms with Crippen LogP contribution in [-0.2, 0) is 19.0 Å². The van der Waals surface area contributed by atoms with E-state index in [1.54, 1.807) is 7.05 Å². The lowest BCUT2D eigenvalue weighted by atomic mass is 9.74. The van der Waals surface area contributed by atoms with Gasteiger partial charge in [-0.05, 0) is 90.1 Å². The van der Waals surface area contributed by atoms with Crippen LogP contribution in [0.15, 0.2) is 34.5 Å². The Balaban J connectivity index is 1.54. The van der Waals surface area contributed by atoms with Gasteiger partial charge >= 0.3 is 0 Å². The Hall–Kier alpha value is -2.29. The summed E-state index contributed by atoms with van der Waals surface area (Å²) in [6.07, 6.45) is 6.18. The van der Waals surface area contributed by atoms with Gasteiger partial charge in [0, 0.05) is 38.1 Å². The highest BCUT2D eigenvalue weighted by atomic mass is 16.6. The van der Waals surface area contributed by atoms with Gasteiger partial charge in [-0.2, -0.15) is 10.2 Å². The number of benzene rings is 1. The molecule has 1 aliphatic carbocycles. The molecule has 0 spiro atoms. The molecule has 1 fully saturated rings. The maximum atomic E-state index is 11.4. The SMILES string of the molecule is CNC(=O)CCOC(C)(C)COC(C)(C)COc1ccc(C2=NN=C(C)C3CCC(OC)CCCC23)cc1. The van der Waals surface area contributed by atoms with Crippen LogP contribution in [0.25, 0.3) is 0 Å². The lowest BCUT2D eigenvalue weighted by Crippen LogP contribution is -2.40. The third-order valence-electron chi connectivity index (χ3n) is 7.51. The zero-order valence-corrected chi connectivity index (χ0v) is 24.3. The first kappa shape index (κ1) is 30.3. The summed E-state index contributed by atoms with van der Waals surface area (Å²) in [7, 11) is 3.44. The van der Waals surface area contributed by atoms with Crippen molar-refractivity contribution in [1.29, 1.82) is 0 Å². The van der Waals surface area contributed by atoms with E-state index in [1.807, 2.05) is 46.9 Å². The van der Waals surface area contributed by atoms with Gasteiger partial charge in [-0.25, -0.2) is 0 Å². The highest BCUT2D eigenvalue weighted by Gasteiger charge is 2.34. The van der Waals surface area contributed by atoms with Gasteiger partial charge in [-0.15, -0.1) is 0 Å². The van der Waals surface area contributed by atoms with Gasteiger partial charge in [-0.3, -0.25) is 4.79 Å². The summed E-state index contributed by atoms with van der Waals surface area (Å²) in [6, 6.07) is 8.19. The van der Waals surface area contributed by atoms with E-state index in [1.165, 1.54) is 0 Å². The molecule has 1 aromatic rings. The van der Waals surface area contributed by atoms with Gasteiger partial charge in [0.1, 0.15) is 12.4 Å². The van der Waals surface area contributed by atoms with E-state index >= 15 is 0 Å². The van der Waals surface area contributed by atoms with Crippen molar-refractivity contribution >= 4 is 17.3 Å². The smallest absolute Gasteiger partial charge is 0.222 e. The number of nitrogens with one attached hydrogen (secondary N) is 1. The van der Waals surface area contributed by atoms with E-state index in [4.69, 9.17) is 18.9 Å². The van der Waals surface area contributed by atoms with E-state index < -0.39 is 11.2 Å². The van der Waals surface area contributed by atoms with Crippen molar-refractivity contribution in [2.75, 3.05) is 34.0 Å². The molecule has 0 radical (unpaired) electrons. The molecule has 1 N–H and O–H groups in total. The fourth-order valence-corrected chi connectivity index (χ4v) is 5.07. The molecule has 1 aliphatic heterocycles. The van der Waals surface area contributed by atoms with Crippen LogP contribution in [0, 0.1) is 11.8 Å². The number of ether oxygens (including phenoxy) is 4. The first-order valence-corrected chi connectivity index (χ1v) is 13.9. The third-order valence-corrected chi connectivity index (χ3v) is 7.51. The van der Waals surface area contributed by atoms with Crippen molar-refractivity contribution < 1.29 is 23.7 Å². The van der Waals surface area contributed by atoms with Crippen LogP contribution >= 0.6 is 0 Å². The van der Waals surface area contributed by atoms with Gasteiger partial charge in [0.25, 0.3) is 0 Å². The molecule has 1 amide bonds. The molecule has 1 aromatic carbocycles. The second-order valence-corrected chi connectivity index (χ2v) is 11.7. The number of rotatable bonds is 12. The van der Waals surface area contributed by atoms with Gasteiger partial charge in [0.05, 0.1) is 36.2 Å². The second-order valence-electron chi connectivity index (χ2n) is 11.7. The van der Waals surface area contributed by atoms with Gasteiger partial charge in [-0.1, -0.05) is 6.42 Å². The summed E-state index contributed by atoms with van der Waals surface area (Å²) in [6.45, 7) is 11.2. The van der Waals surface area contributed by atoms with Crippen LogP contribution < -0.4 is 10.1 Å². The Morgan fingerprint density at radius 1 is 0.947 bits per heavy atom. The van der Waals surface area contributed by atoms with E-state index in [2.05, 4.69) is 34.6 Å². The summed E-state index contributed by atoms with van der Waals surface area (Å²) in [4.78, 5) is 11.4. The number of hydrogen-bond donors (Lipinski definition) is 1. The number of carbonyl (C=O) groups excluding carboxylic acids is 1. The average molecular weight is 530 g/mol. The van der Waals surface area contributed by atoms with Gasteiger partial charge < -0.3 is 24.3 Å². The predicted molar refractivity (Wildman–Crippen MR) is 151 cm³/mol. The lowest BCUT2D eigenvalue weighted by molar-refractivity contribution is -0.136. The molecule has 3 unspecified atom stereocenters. The number of nitrogens with zero attached hydrogens (tertiary/aromatic N) is 2. The number of amides is 1. The quantitative estimate of drug-likeness (QED) is 0.403. The van der Waals surface area contributed by atoms with Crippen LogP contribution in [0.5, 0.6) is 5.75 Å². The topological polar surface area (TPSA) is 90.7 Å². The largest absolute Gasteiger partial charge is 0.491 e. The van der Waals surface area contributed by atoms with Crippen LogP contribution in [0.1, 0.15) is 78.7 Å². The van der Waals surface area contributed by atoms with E-state index in [-0.39, 0.29) is 5.91 Å². The monoisotopic (exact) mass is 529 g/mol. The number of hydrogen-bond acceptors (Lipinski definition) is 7. The van der Waals surface area contributed by atoms with Crippen molar-refractivity contribution in [2.24, 2.45) is 22.0 Å². The highest BCUT2D eigenvalue weighted by Crippen LogP contribution is 2.35. The number of carbonyl (C=O) groups is 1. The molecule has 3 atom stereocenters. The number of fused-ring (bicyclic) bond motifs is 1. The average Bonchev–Trinajstić information content (AvgIpc) is 2.87. The molecule has 0 bridgehead atoms. The first-order chi connectivity index (χ1) is 18.0. The standard InChI is InChI=1S/C30H47N3O5/c1-21-25-16-15-23(35-7)9-8-10-26(25)28(33-32-21)22-11-13-24(14-12-22)36-19-29(2,3)38-20-30(4,5)37-18-17-27(34)31-6/h11-14,23,25-26H,8-10,15-20H2,1-7H3,(H,31,34). The predicted octanol–water partition coefficient (Wildman–Crippen LogP) is 5.18. The molecule has 38 heavy (non-hydrogen) atoms. The molecule has 1 saturated carbocycles. The molecule has 0 saturated heterocycles. The van der Waals surface area contributed by atoms with Crippen LogP contribution in [-0.4, -0.2) is 68.6 Å². The van der Waals surface area contributed by atoms with Crippen LogP contribution in [0.4, 0.5) is 0 Å². The molecule has 8 heteroatoms. The zero-order chi connectivity index (χ0) is 27.8. The Kier molecular flexibility index (Phi) is 10.9. The summed E-state index contributed by atoms with van der Waals surface area (Å²) < 4.78 is 23.7. The molecule has 2 aliphatic rings. The molecular weight excluding hydrogens is 482 g/mol. The first-order valence-electron chi connectivity index (χ1n) is 13.9. The zero-order valence-electron chi connectivity index (χ0n) is 24.3. The number of methoxy groups -OCH3 is 1. The summed E-state index contributed by atoms with van der Waals surface area (Å²) in [5, 5.41) is 11.8. The normalized spacial score (nSPS) is 22.4. The fourth-order valence-electron chi connectivity index (χ4n) is 5.07. The lowest BCUT2D eigenvalue weighted by Gasteiger charge is -2.34. The van der Waals surface area contributed by atoms with E-state index in [9.17, 15) is 4.79 Å². The Morgan fingerprint density at radius 3 is 2.34 bits per heavy atom. The molecule has 212 valence electrons. The minimum atomic E-state index is -0.508. The highest BCUT2D eigenvalue weighted by molar-refractivity contribution is 6.06. The van der Waals surface area contributed by atoms with Gasteiger partial charge in [0.2, 0.25) is 5.91 Å².